The molecule has 0 saturated carbocycles. The fourth-order valence-electron chi connectivity index (χ4n) is 3.01. The van der Waals surface area contributed by atoms with Crippen LogP contribution in [0.2, 0.25) is 5.02 Å². The van der Waals surface area contributed by atoms with E-state index in [1.807, 2.05) is 0 Å². The molecule has 3 rings (SSSR count). The van der Waals surface area contributed by atoms with Crippen LogP contribution in [0.1, 0.15) is 13.0 Å². The van der Waals surface area contributed by atoms with Crippen LogP contribution in [0.4, 0.5) is 5.69 Å². The summed E-state index contributed by atoms with van der Waals surface area (Å²) < 4.78 is 29.4. The molecule has 2 heterocycles. The van der Waals surface area contributed by atoms with E-state index in [4.69, 9.17) is 11.6 Å². The molecular formula is C18H21ClN6O5S. The van der Waals surface area contributed by atoms with Crippen molar-refractivity contribution in [3.05, 3.63) is 50.4 Å². The highest BCUT2D eigenvalue weighted by Crippen LogP contribution is 2.27. The van der Waals surface area contributed by atoms with Crippen LogP contribution in [-0.4, -0.2) is 51.4 Å². The van der Waals surface area contributed by atoms with E-state index >= 15 is 0 Å². The number of hydrogen-bond acceptors (Lipinski definition) is 6. The third kappa shape index (κ3) is 3.77. The Labute approximate surface area is 182 Å². The Morgan fingerprint density at radius 1 is 1.19 bits per heavy atom. The number of halogens is 1. The van der Waals surface area contributed by atoms with Crippen LogP contribution in [0.15, 0.2) is 39.0 Å². The van der Waals surface area contributed by atoms with E-state index in [1.54, 1.807) is 6.92 Å². The first-order valence-corrected chi connectivity index (χ1v) is 10.8. The molecule has 1 N–H and O–H groups in total. The zero-order valence-corrected chi connectivity index (χ0v) is 19.0. The molecule has 0 bridgehead atoms. The highest BCUT2D eigenvalue weighted by atomic mass is 35.5. The highest BCUT2D eigenvalue weighted by molar-refractivity contribution is 7.89. The number of carbonyl (C=O) groups excluding carboxylic acids is 1. The van der Waals surface area contributed by atoms with Gasteiger partial charge in [0.05, 0.1) is 11.3 Å². The van der Waals surface area contributed by atoms with Gasteiger partial charge >= 0.3 is 5.69 Å². The molecule has 13 heteroatoms. The van der Waals surface area contributed by atoms with Gasteiger partial charge in [0.2, 0.25) is 15.9 Å². The number of fused-ring (bicyclic) bond motifs is 1. The first kappa shape index (κ1) is 22.7. The highest BCUT2D eigenvalue weighted by Gasteiger charge is 2.24. The van der Waals surface area contributed by atoms with Crippen molar-refractivity contribution in [1.82, 2.24) is 23.0 Å². The summed E-state index contributed by atoms with van der Waals surface area (Å²) in [5, 5.41) is 2.65. The van der Waals surface area contributed by atoms with Crippen molar-refractivity contribution in [2.45, 2.75) is 17.9 Å². The Hall–Kier alpha value is -2.96. The normalized spacial score (nSPS) is 13.0. The number of sulfonamides is 1. The van der Waals surface area contributed by atoms with E-state index in [0.717, 1.165) is 8.87 Å². The summed E-state index contributed by atoms with van der Waals surface area (Å²) in [6.45, 7) is 1.55. The van der Waals surface area contributed by atoms with Gasteiger partial charge in [0.15, 0.2) is 11.2 Å². The Morgan fingerprint density at radius 2 is 1.84 bits per heavy atom. The lowest BCUT2D eigenvalue weighted by molar-refractivity contribution is -0.118. The Kier molecular flexibility index (Phi) is 5.82. The number of imidazole rings is 1. The van der Waals surface area contributed by atoms with Crippen LogP contribution in [0.25, 0.3) is 11.2 Å². The molecule has 31 heavy (non-hydrogen) atoms. The molecule has 0 saturated heterocycles. The lowest BCUT2D eigenvalue weighted by Crippen LogP contribution is -2.38. The molecule has 0 radical (unpaired) electrons. The predicted molar refractivity (Wildman–Crippen MR) is 116 cm³/mol. The third-order valence-corrected chi connectivity index (χ3v) is 7.22. The van der Waals surface area contributed by atoms with Gasteiger partial charge in [0, 0.05) is 33.9 Å². The molecule has 0 fully saturated rings. The summed E-state index contributed by atoms with van der Waals surface area (Å²) >= 11 is 6.03. The molecule has 1 amide bonds. The summed E-state index contributed by atoms with van der Waals surface area (Å²) in [4.78, 5) is 41.5. The average molecular weight is 469 g/mol. The number of amides is 1. The second-order valence-electron chi connectivity index (χ2n) is 7.13. The van der Waals surface area contributed by atoms with E-state index in [1.165, 1.54) is 61.9 Å². The fourth-order valence-corrected chi connectivity index (χ4v) is 4.40. The quantitative estimate of drug-likeness (QED) is 0.582. The minimum absolute atomic E-state index is 0.0183. The van der Waals surface area contributed by atoms with Gasteiger partial charge in [-0.2, -0.15) is 0 Å². The minimum Gasteiger partial charge on any atom is -0.324 e. The number of nitrogens with zero attached hydrogens (tertiary/aromatic N) is 5. The summed E-state index contributed by atoms with van der Waals surface area (Å²) in [6.07, 6.45) is 1.31. The van der Waals surface area contributed by atoms with Gasteiger partial charge in [-0.3, -0.25) is 18.7 Å². The topological polar surface area (TPSA) is 128 Å². The second kappa shape index (κ2) is 7.94. The molecule has 3 aromatic rings. The predicted octanol–water partition coefficient (Wildman–Crippen LogP) is 0.537. The minimum atomic E-state index is -3.82. The fraction of sp³-hybridized carbons (Fsp3) is 0.333. The Balaban J connectivity index is 1.99. The lowest BCUT2D eigenvalue weighted by atomic mass is 10.2. The molecule has 1 unspecified atom stereocenters. The summed E-state index contributed by atoms with van der Waals surface area (Å²) in [5.41, 5.74) is -0.652. The van der Waals surface area contributed by atoms with Gasteiger partial charge in [-0.25, -0.2) is 22.5 Å². The SMILES string of the molecule is CC(C(=O)Nc1ccc(Cl)c(S(=O)(=O)N(C)C)c1)n1cnc2c1c(=O)n(C)c(=O)n2C. The van der Waals surface area contributed by atoms with Gasteiger partial charge in [0.25, 0.3) is 5.56 Å². The second-order valence-corrected chi connectivity index (χ2v) is 9.66. The summed E-state index contributed by atoms with van der Waals surface area (Å²) in [6, 6.07) is 3.21. The maximum atomic E-state index is 12.9. The first-order chi connectivity index (χ1) is 14.4. The van der Waals surface area contributed by atoms with Gasteiger partial charge in [-0.1, -0.05) is 11.6 Å². The largest absolute Gasteiger partial charge is 0.332 e. The number of hydrogen-bond donors (Lipinski definition) is 1. The Morgan fingerprint density at radius 3 is 2.45 bits per heavy atom. The lowest BCUT2D eigenvalue weighted by Gasteiger charge is -2.17. The molecular weight excluding hydrogens is 448 g/mol. The van der Waals surface area contributed by atoms with E-state index < -0.39 is 33.2 Å². The van der Waals surface area contributed by atoms with Gasteiger partial charge < -0.3 is 9.88 Å². The molecule has 0 aliphatic rings. The van der Waals surface area contributed by atoms with Crippen LogP contribution in [0.3, 0.4) is 0 Å². The molecule has 1 aromatic carbocycles. The van der Waals surface area contributed by atoms with Crippen LogP contribution in [-0.2, 0) is 28.9 Å². The van der Waals surface area contributed by atoms with Crippen molar-refractivity contribution in [2.24, 2.45) is 14.1 Å². The van der Waals surface area contributed by atoms with Crippen molar-refractivity contribution >= 4 is 44.4 Å². The zero-order chi connectivity index (χ0) is 23.2. The van der Waals surface area contributed by atoms with Crippen LogP contribution in [0, 0.1) is 0 Å². The molecule has 166 valence electrons. The molecule has 1 atom stereocenters. The third-order valence-electron chi connectivity index (χ3n) is 4.93. The Bertz CT molecular complexity index is 1420. The number of nitrogens with one attached hydrogen (secondary N) is 1. The van der Waals surface area contributed by atoms with Crippen molar-refractivity contribution < 1.29 is 13.2 Å². The van der Waals surface area contributed by atoms with Crippen molar-refractivity contribution in [2.75, 3.05) is 19.4 Å². The number of benzene rings is 1. The van der Waals surface area contributed by atoms with E-state index in [2.05, 4.69) is 10.3 Å². The molecule has 11 nitrogen and oxygen atoms in total. The van der Waals surface area contributed by atoms with E-state index in [-0.39, 0.29) is 26.8 Å². The van der Waals surface area contributed by atoms with Crippen molar-refractivity contribution in [3.8, 4) is 0 Å². The monoisotopic (exact) mass is 468 g/mol. The molecule has 0 aliphatic carbocycles. The van der Waals surface area contributed by atoms with E-state index in [0.29, 0.717) is 0 Å². The van der Waals surface area contributed by atoms with Gasteiger partial charge in [-0.15, -0.1) is 0 Å². The molecule has 0 spiro atoms. The van der Waals surface area contributed by atoms with Gasteiger partial charge in [0.1, 0.15) is 10.9 Å². The number of rotatable bonds is 5. The zero-order valence-electron chi connectivity index (χ0n) is 17.5. The van der Waals surface area contributed by atoms with Gasteiger partial charge in [-0.05, 0) is 25.1 Å². The first-order valence-electron chi connectivity index (χ1n) is 9.03. The number of carbonyl (C=O) groups is 1. The van der Waals surface area contributed by atoms with Crippen molar-refractivity contribution in [1.29, 1.82) is 0 Å². The number of aryl methyl sites for hydroxylation is 1. The smallest absolute Gasteiger partial charge is 0.324 e. The number of anilines is 1. The maximum Gasteiger partial charge on any atom is 0.332 e. The summed E-state index contributed by atoms with van der Waals surface area (Å²) in [7, 11) is 1.74. The standard InChI is InChI=1S/C18H21ClN6O5S/c1-10(25-9-20-15-14(25)17(27)24(5)18(28)23(15)4)16(26)21-11-6-7-12(19)13(8-11)31(29,30)22(2)3/h6-10H,1-5H3,(H,21,26). The van der Waals surface area contributed by atoms with Crippen molar-refractivity contribution in [3.63, 3.8) is 0 Å². The molecule has 0 aliphatic heterocycles. The summed E-state index contributed by atoms with van der Waals surface area (Å²) in [5.74, 6) is -0.522. The average Bonchev–Trinajstić information content (AvgIpc) is 3.16. The van der Waals surface area contributed by atoms with Crippen LogP contribution >= 0.6 is 11.6 Å². The number of aromatic nitrogens is 4. The maximum absolute atomic E-state index is 12.9. The van der Waals surface area contributed by atoms with Crippen LogP contribution in [0.5, 0.6) is 0 Å². The van der Waals surface area contributed by atoms with E-state index in [9.17, 15) is 22.8 Å². The molecule has 2 aromatic heterocycles. The van der Waals surface area contributed by atoms with Crippen LogP contribution < -0.4 is 16.6 Å².